The highest BCUT2D eigenvalue weighted by atomic mass is 79.9. The second-order valence-corrected chi connectivity index (χ2v) is 5.24. The van der Waals surface area contributed by atoms with E-state index in [9.17, 15) is 4.79 Å². The number of benzene rings is 1. The van der Waals surface area contributed by atoms with Crippen molar-refractivity contribution in [3.05, 3.63) is 28.7 Å². The third kappa shape index (κ3) is 4.67. The Morgan fingerprint density at radius 1 is 1.53 bits per heavy atom. The summed E-state index contributed by atoms with van der Waals surface area (Å²) in [6.07, 6.45) is 0.484. The van der Waals surface area contributed by atoms with Crippen molar-refractivity contribution in [3.63, 3.8) is 0 Å². The monoisotopic (exact) mass is 348 g/mol. The van der Waals surface area contributed by atoms with E-state index in [1.807, 2.05) is 24.3 Å². The lowest BCUT2D eigenvalue weighted by Gasteiger charge is -2.18. The lowest BCUT2D eigenvalue weighted by atomic mass is 10.2. The standard InChI is InChI=1S/C13H17BrN2O2.ClH/c1-9(13(17)16-10-6-7-15-8-10)18-12-5-3-2-4-11(12)14;/h2-5,9-10,15H,6-8H2,1H3,(H,16,17);1H. The summed E-state index contributed by atoms with van der Waals surface area (Å²) in [6.45, 7) is 3.56. The van der Waals surface area contributed by atoms with Gasteiger partial charge in [0.2, 0.25) is 0 Å². The molecule has 2 N–H and O–H groups in total. The molecule has 0 saturated carbocycles. The molecule has 2 rings (SSSR count). The highest BCUT2D eigenvalue weighted by molar-refractivity contribution is 9.10. The van der Waals surface area contributed by atoms with Gasteiger partial charge < -0.3 is 15.4 Å². The molecule has 2 unspecified atom stereocenters. The van der Waals surface area contributed by atoms with E-state index in [1.165, 1.54) is 0 Å². The van der Waals surface area contributed by atoms with E-state index in [2.05, 4.69) is 26.6 Å². The molecule has 1 aromatic carbocycles. The topological polar surface area (TPSA) is 50.4 Å². The largest absolute Gasteiger partial charge is 0.480 e. The Morgan fingerprint density at radius 3 is 2.89 bits per heavy atom. The van der Waals surface area contributed by atoms with Crippen LogP contribution in [-0.4, -0.2) is 31.1 Å². The van der Waals surface area contributed by atoms with Crippen LogP contribution in [0.4, 0.5) is 0 Å². The molecule has 0 radical (unpaired) electrons. The fourth-order valence-electron chi connectivity index (χ4n) is 1.88. The Labute approximate surface area is 127 Å². The molecule has 106 valence electrons. The lowest BCUT2D eigenvalue weighted by Crippen LogP contribution is -2.43. The first-order valence-electron chi connectivity index (χ1n) is 6.09. The van der Waals surface area contributed by atoms with Crippen LogP contribution < -0.4 is 15.4 Å². The van der Waals surface area contributed by atoms with Gasteiger partial charge in [-0.2, -0.15) is 0 Å². The second-order valence-electron chi connectivity index (χ2n) is 4.39. The maximum atomic E-state index is 11.9. The van der Waals surface area contributed by atoms with Gasteiger partial charge in [0.1, 0.15) is 5.75 Å². The molecule has 1 aromatic rings. The predicted molar refractivity (Wildman–Crippen MR) is 80.9 cm³/mol. The number of ether oxygens (including phenoxy) is 1. The minimum absolute atomic E-state index is 0. The fourth-order valence-corrected chi connectivity index (χ4v) is 2.26. The molecule has 19 heavy (non-hydrogen) atoms. The van der Waals surface area contributed by atoms with Crippen LogP contribution in [-0.2, 0) is 4.79 Å². The summed E-state index contributed by atoms with van der Waals surface area (Å²) in [4.78, 5) is 11.9. The number of carbonyl (C=O) groups excluding carboxylic acids is 1. The Balaban J connectivity index is 0.00000180. The van der Waals surface area contributed by atoms with Crippen molar-refractivity contribution in [2.75, 3.05) is 13.1 Å². The molecule has 0 spiro atoms. The number of amides is 1. The van der Waals surface area contributed by atoms with Gasteiger partial charge >= 0.3 is 0 Å². The average Bonchev–Trinajstić information content (AvgIpc) is 2.84. The number of hydrogen-bond acceptors (Lipinski definition) is 3. The van der Waals surface area contributed by atoms with Gasteiger partial charge in [0, 0.05) is 12.6 Å². The van der Waals surface area contributed by atoms with E-state index in [0.717, 1.165) is 24.0 Å². The van der Waals surface area contributed by atoms with Crippen molar-refractivity contribution in [1.82, 2.24) is 10.6 Å². The van der Waals surface area contributed by atoms with Crippen molar-refractivity contribution < 1.29 is 9.53 Å². The van der Waals surface area contributed by atoms with E-state index in [4.69, 9.17) is 4.74 Å². The number of halogens is 2. The molecule has 4 nitrogen and oxygen atoms in total. The van der Waals surface area contributed by atoms with Crippen LogP contribution in [0.2, 0.25) is 0 Å². The summed E-state index contributed by atoms with van der Waals surface area (Å²) in [5.41, 5.74) is 0. The highest BCUT2D eigenvalue weighted by Gasteiger charge is 2.21. The summed E-state index contributed by atoms with van der Waals surface area (Å²) in [6, 6.07) is 7.74. The summed E-state index contributed by atoms with van der Waals surface area (Å²) in [7, 11) is 0. The van der Waals surface area contributed by atoms with Crippen LogP contribution in [0.25, 0.3) is 0 Å². The zero-order valence-electron chi connectivity index (χ0n) is 10.7. The number of para-hydroxylation sites is 1. The maximum absolute atomic E-state index is 11.9. The van der Waals surface area contributed by atoms with Crippen LogP contribution in [0.15, 0.2) is 28.7 Å². The molecule has 1 fully saturated rings. The predicted octanol–water partition coefficient (Wildman–Crippen LogP) is 2.12. The molecule has 1 saturated heterocycles. The normalized spacial score (nSPS) is 19.4. The van der Waals surface area contributed by atoms with E-state index >= 15 is 0 Å². The van der Waals surface area contributed by atoms with Gasteiger partial charge in [-0.25, -0.2) is 0 Å². The van der Waals surface area contributed by atoms with Crippen LogP contribution >= 0.6 is 28.3 Å². The SMILES string of the molecule is CC(Oc1ccccc1Br)C(=O)NC1CCNC1.Cl. The Hall–Kier alpha value is -0.780. The van der Waals surface area contributed by atoms with Gasteiger partial charge in [0.15, 0.2) is 6.10 Å². The van der Waals surface area contributed by atoms with E-state index < -0.39 is 6.10 Å². The van der Waals surface area contributed by atoms with E-state index in [-0.39, 0.29) is 24.4 Å². The summed E-state index contributed by atoms with van der Waals surface area (Å²) < 4.78 is 6.49. The van der Waals surface area contributed by atoms with Crippen LogP contribution in [0.1, 0.15) is 13.3 Å². The summed E-state index contributed by atoms with van der Waals surface area (Å²) in [5.74, 6) is 0.615. The van der Waals surface area contributed by atoms with Gasteiger partial charge in [-0.15, -0.1) is 12.4 Å². The number of rotatable bonds is 4. The summed E-state index contributed by atoms with van der Waals surface area (Å²) >= 11 is 3.40. The van der Waals surface area contributed by atoms with Gasteiger partial charge in [-0.1, -0.05) is 12.1 Å². The first-order chi connectivity index (χ1) is 8.66. The lowest BCUT2D eigenvalue weighted by molar-refractivity contribution is -0.127. The zero-order chi connectivity index (χ0) is 13.0. The first-order valence-corrected chi connectivity index (χ1v) is 6.88. The molecular formula is C13H18BrClN2O2. The fraction of sp³-hybridized carbons (Fsp3) is 0.462. The number of nitrogens with one attached hydrogen (secondary N) is 2. The zero-order valence-corrected chi connectivity index (χ0v) is 13.1. The average molecular weight is 350 g/mol. The minimum Gasteiger partial charge on any atom is -0.480 e. The third-order valence-electron chi connectivity index (χ3n) is 2.92. The molecule has 1 aliphatic heterocycles. The molecule has 1 aliphatic rings. The summed E-state index contributed by atoms with van der Waals surface area (Å²) in [5, 5.41) is 6.19. The quantitative estimate of drug-likeness (QED) is 0.875. The Kier molecular flexibility index (Phi) is 6.62. The van der Waals surface area contributed by atoms with Gasteiger partial charge in [-0.3, -0.25) is 4.79 Å². The van der Waals surface area contributed by atoms with Crippen LogP contribution in [0, 0.1) is 0 Å². The van der Waals surface area contributed by atoms with Crippen LogP contribution in [0.3, 0.4) is 0 Å². The maximum Gasteiger partial charge on any atom is 0.261 e. The van der Waals surface area contributed by atoms with E-state index in [1.54, 1.807) is 6.92 Å². The van der Waals surface area contributed by atoms with Gasteiger partial charge in [0.25, 0.3) is 5.91 Å². The number of carbonyl (C=O) groups is 1. The molecule has 2 atom stereocenters. The molecular weight excluding hydrogens is 332 g/mol. The van der Waals surface area contributed by atoms with Crippen molar-refractivity contribution in [2.45, 2.75) is 25.5 Å². The molecule has 0 aromatic heterocycles. The van der Waals surface area contributed by atoms with Crippen molar-refractivity contribution in [3.8, 4) is 5.75 Å². The third-order valence-corrected chi connectivity index (χ3v) is 3.57. The van der Waals surface area contributed by atoms with Gasteiger partial charge in [0.05, 0.1) is 4.47 Å². The van der Waals surface area contributed by atoms with Crippen molar-refractivity contribution in [2.24, 2.45) is 0 Å². The van der Waals surface area contributed by atoms with Gasteiger partial charge in [-0.05, 0) is 48.0 Å². The first kappa shape index (κ1) is 16.3. The highest BCUT2D eigenvalue weighted by Crippen LogP contribution is 2.24. The van der Waals surface area contributed by atoms with Crippen LogP contribution in [0.5, 0.6) is 5.75 Å². The number of hydrogen-bond donors (Lipinski definition) is 2. The second kappa shape index (κ2) is 7.72. The Bertz CT molecular complexity index is 425. The molecule has 6 heteroatoms. The van der Waals surface area contributed by atoms with Crippen molar-refractivity contribution in [1.29, 1.82) is 0 Å². The molecule has 1 amide bonds. The van der Waals surface area contributed by atoms with Crippen molar-refractivity contribution >= 4 is 34.2 Å². The molecule has 0 aliphatic carbocycles. The minimum atomic E-state index is -0.496. The Morgan fingerprint density at radius 2 is 2.26 bits per heavy atom. The smallest absolute Gasteiger partial charge is 0.261 e. The molecule has 0 bridgehead atoms. The molecule has 1 heterocycles. The van der Waals surface area contributed by atoms with E-state index in [0.29, 0.717) is 5.75 Å².